The van der Waals surface area contributed by atoms with Gasteiger partial charge in [0.15, 0.2) is 0 Å². The SMILES string of the molecule is CCC1C2CC3C4CCC43CC12. The Kier molecular flexibility index (Phi) is 0.875. The van der Waals surface area contributed by atoms with Gasteiger partial charge >= 0.3 is 0 Å². The molecule has 4 saturated carbocycles. The predicted molar refractivity (Wildman–Crippen MR) is 48.6 cm³/mol. The van der Waals surface area contributed by atoms with Gasteiger partial charge in [-0.15, -0.1) is 0 Å². The van der Waals surface area contributed by atoms with E-state index in [1.54, 1.807) is 25.7 Å². The van der Waals surface area contributed by atoms with Gasteiger partial charge in [-0.1, -0.05) is 13.3 Å². The average molecular weight is 162 g/mol. The van der Waals surface area contributed by atoms with Crippen LogP contribution in [0.3, 0.4) is 0 Å². The van der Waals surface area contributed by atoms with Gasteiger partial charge in [-0.2, -0.15) is 0 Å². The molecule has 4 aliphatic rings. The molecule has 0 heterocycles. The normalized spacial score (nSPS) is 70.2. The van der Waals surface area contributed by atoms with Crippen molar-refractivity contribution in [2.75, 3.05) is 0 Å². The summed E-state index contributed by atoms with van der Waals surface area (Å²) in [7, 11) is 0. The van der Waals surface area contributed by atoms with Gasteiger partial charge in [-0.05, 0) is 60.7 Å². The van der Waals surface area contributed by atoms with Crippen LogP contribution in [-0.2, 0) is 0 Å². The van der Waals surface area contributed by atoms with Gasteiger partial charge in [0.05, 0.1) is 0 Å². The zero-order chi connectivity index (χ0) is 7.92. The van der Waals surface area contributed by atoms with Crippen molar-refractivity contribution in [2.24, 2.45) is 35.0 Å². The predicted octanol–water partition coefficient (Wildman–Crippen LogP) is 3.08. The Morgan fingerprint density at radius 2 is 2.17 bits per heavy atom. The van der Waals surface area contributed by atoms with Crippen LogP contribution in [0.5, 0.6) is 0 Å². The van der Waals surface area contributed by atoms with Gasteiger partial charge in [0.1, 0.15) is 0 Å². The van der Waals surface area contributed by atoms with Crippen LogP contribution in [-0.4, -0.2) is 0 Å². The van der Waals surface area contributed by atoms with Gasteiger partial charge in [0.25, 0.3) is 0 Å². The van der Waals surface area contributed by atoms with E-state index < -0.39 is 0 Å². The minimum Gasteiger partial charge on any atom is -0.0651 e. The average Bonchev–Trinajstić information content (AvgIpc) is 2.84. The summed E-state index contributed by atoms with van der Waals surface area (Å²) in [4.78, 5) is 0. The molecule has 0 N–H and O–H groups in total. The summed E-state index contributed by atoms with van der Waals surface area (Å²) in [6.07, 6.45) is 7.99. The van der Waals surface area contributed by atoms with Crippen LogP contribution >= 0.6 is 0 Å². The van der Waals surface area contributed by atoms with Crippen molar-refractivity contribution in [1.29, 1.82) is 0 Å². The highest BCUT2D eigenvalue weighted by Crippen LogP contribution is 2.83. The molecule has 0 aromatic heterocycles. The van der Waals surface area contributed by atoms with Crippen molar-refractivity contribution in [1.82, 2.24) is 0 Å². The van der Waals surface area contributed by atoms with E-state index in [2.05, 4.69) is 6.92 Å². The molecule has 0 aromatic carbocycles. The van der Waals surface area contributed by atoms with Gasteiger partial charge in [-0.25, -0.2) is 0 Å². The molecule has 0 bridgehead atoms. The topological polar surface area (TPSA) is 0 Å². The zero-order valence-corrected chi connectivity index (χ0v) is 7.92. The first-order valence-electron chi connectivity index (χ1n) is 5.87. The first-order valence-corrected chi connectivity index (χ1v) is 5.87. The lowest BCUT2D eigenvalue weighted by atomic mass is 9.78. The van der Waals surface area contributed by atoms with E-state index in [4.69, 9.17) is 0 Å². The molecule has 4 aliphatic carbocycles. The monoisotopic (exact) mass is 162 g/mol. The lowest BCUT2D eigenvalue weighted by Crippen LogP contribution is -2.17. The van der Waals surface area contributed by atoms with E-state index in [0.717, 1.165) is 5.41 Å². The van der Waals surface area contributed by atoms with Crippen LogP contribution in [0.1, 0.15) is 39.0 Å². The van der Waals surface area contributed by atoms with Crippen molar-refractivity contribution in [3.05, 3.63) is 0 Å². The standard InChI is InChI=1S/C12H18/c1-2-7-8-5-11-10-3-4-12(10,11)6-9(7)8/h7-11H,2-6H2,1H3. The molecule has 1 spiro atoms. The molecule has 12 heavy (non-hydrogen) atoms. The quantitative estimate of drug-likeness (QED) is 0.556. The van der Waals surface area contributed by atoms with Gasteiger partial charge in [0.2, 0.25) is 0 Å². The van der Waals surface area contributed by atoms with E-state index >= 15 is 0 Å². The zero-order valence-electron chi connectivity index (χ0n) is 7.92. The third-order valence-corrected chi connectivity index (χ3v) is 5.90. The van der Waals surface area contributed by atoms with Crippen LogP contribution in [0.4, 0.5) is 0 Å². The molecule has 0 saturated heterocycles. The molecular formula is C12H18. The molecule has 0 heteroatoms. The van der Waals surface area contributed by atoms with E-state index in [1.807, 2.05) is 0 Å². The summed E-state index contributed by atoms with van der Waals surface area (Å²) in [5.41, 5.74) is 0.977. The second-order valence-electron chi connectivity index (χ2n) is 5.82. The lowest BCUT2D eigenvalue weighted by molar-refractivity contribution is 0.230. The van der Waals surface area contributed by atoms with E-state index in [9.17, 15) is 0 Å². The van der Waals surface area contributed by atoms with Crippen LogP contribution in [0.25, 0.3) is 0 Å². The summed E-state index contributed by atoms with van der Waals surface area (Å²) < 4.78 is 0. The molecule has 0 nitrogen and oxygen atoms in total. The Bertz CT molecular complexity index is 244. The fraction of sp³-hybridized carbons (Fsp3) is 1.00. The fourth-order valence-corrected chi connectivity index (χ4v) is 5.06. The van der Waals surface area contributed by atoms with Crippen molar-refractivity contribution in [2.45, 2.75) is 39.0 Å². The first kappa shape index (κ1) is 6.45. The Labute approximate surface area is 74.7 Å². The summed E-state index contributed by atoms with van der Waals surface area (Å²) in [6, 6.07) is 0. The van der Waals surface area contributed by atoms with Crippen LogP contribution in [0, 0.1) is 35.0 Å². The van der Waals surface area contributed by atoms with Crippen LogP contribution in [0.2, 0.25) is 0 Å². The number of hydrogen-bond acceptors (Lipinski definition) is 0. The minimum atomic E-state index is 0.977. The highest BCUT2D eigenvalue weighted by atomic mass is 14.8. The minimum absolute atomic E-state index is 0.977. The highest BCUT2D eigenvalue weighted by Gasteiger charge is 2.76. The van der Waals surface area contributed by atoms with Crippen molar-refractivity contribution >= 4 is 0 Å². The maximum Gasteiger partial charge on any atom is -0.0232 e. The van der Waals surface area contributed by atoms with E-state index in [0.29, 0.717) is 0 Å². The largest absolute Gasteiger partial charge is 0.0651 e. The molecule has 0 aromatic rings. The second-order valence-corrected chi connectivity index (χ2v) is 5.82. The Hall–Kier alpha value is 0. The summed E-state index contributed by atoms with van der Waals surface area (Å²) in [5, 5.41) is 0. The van der Waals surface area contributed by atoms with E-state index in [1.165, 1.54) is 36.0 Å². The third kappa shape index (κ3) is 0.482. The molecule has 66 valence electrons. The molecule has 4 rings (SSSR count). The van der Waals surface area contributed by atoms with Crippen LogP contribution in [0.15, 0.2) is 0 Å². The Balaban J connectivity index is 1.59. The molecule has 6 unspecified atom stereocenters. The second kappa shape index (κ2) is 1.63. The van der Waals surface area contributed by atoms with Crippen molar-refractivity contribution < 1.29 is 0 Å². The third-order valence-electron chi connectivity index (χ3n) is 5.90. The van der Waals surface area contributed by atoms with Gasteiger partial charge < -0.3 is 0 Å². The maximum absolute atomic E-state index is 2.39. The molecule has 6 atom stereocenters. The maximum atomic E-state index is 2.39. The number of fused-ring (bicyclic) bond motifs is 2. The molecule has 0 radical (unpaired) electrons. The Morgan fingerprint density at radius 1 is 1.25 bits per heavy atom. The molecule has 0 amide bonds. The van der Waals surface area contributed by atoms with Crippen molar-refractivity contribution in [3.8, 4) is 0 Å². The summed E-state index contributed by atoms with van der Waals surface area (Å²) >= 11 is 0. The number of rotatable bonds is 1. The van der Waals surface area contributed by atoms with Gasteiger partial charge in [0, 0.05) is 0 Å². The summed E-state index contributed by atoms with van der Waals surface area (Å²) in [6.45, 7) is 2.39. The van der Waals surface area contributed by atoms with Crippen molar-refractivity contribution in [3.63, 3.8) is 0 Å². The molecular weight excluding hydrogens is 144 g/mol. The van der Waals surface area contributed by atoms with E-state index in [-0.39, 0.29) is 0 Å². The summed E-state index contributed by atoms with van der Waals surface area (Å²) in [5.74, 6) is 6.05. The Morgan fingerprint density at radius 3 is 2.83 bits per heavy atom. The van der Waals surface area contributed by atoms with Crippen LogP contribution < -0.4 is 0 Å². The lowest BCUT2D eigenvalue weighted by Gasteiger charge is -2.27. The first-order chi connectivity index (χ1) is 5.87. The molecule has 4 fully saturated rings. The fourth-order valence-electron chi connectivity index (χ4n) is 5.06. The van der Waals surface area contributed by atoms with Gasteiger partial charge in [-0.3, -0.25) is 0 Å². The smallest absolute Gasteiger partial charge is 0.0232 e. The number of hydrogen-bond donors (Lipinski definition) is 0. The highest BCUT2D eigenvalue weighted by molar-refractivity contribution is 5.24. The molecule has 0 aliphatic heterocycles.